The van der Waals surface area contributed by atoms with Gasteiger partial charge >= 0.3 is 0 Å². The van der Waals surface area contributed by atoms with Gasteiger partial charge in [0.2, 0.25) is 0 Å². The molecule has 8 unspecified atom stereocenters. The molecule has 0 aliphatic heterocycles. The molecular formula is C28H27B. The minimum Gasteiger partial charge on any atom is -0.0884 e. The van der Waals surface area contributed by atoms with Crippen molar-refractivity contribution in [1.29, 1.82) is 0 Å². The molecule has 0 N–H and O–H groups in total. The van der Waals surface area contributed by atoms with E-state index in [0.29, 0.717) is 47.3 Å². The van der Waals surface area contributed by atoms with Crippen LogP contribution in [0.5, 0.6) is 0 Å². The van der Waals surface area contributed by atoms with Crippen molar-refractivity contribution in [3.63, 3.8) is 0 Å². The third-order valence-electron chi connectivity index (χ3n) is 7.93. The van der Waals surface area contributed by atoms with Crippen molar-refractivity contribution in [2.75, 3.05) is 0 Å². The van der Waals surface area contributed by atoms with Crippen LogP contribution in [0.2, 0.25) is 0 Å². The van der Waals surface area contributed by atoms with Crippen LogP contribution in [0.25, 0.3) is 5.57 Å². The van der Waals surface area contributed by atoms with Crippen LogP contribution in [0.15, 0.2) is 103 Å². The molecular weight excluding hydrogens is 347 g/mol. The highest BCUT2D eigenvalue weighted by Gasteiger charge is 2.52. The van der Waals surface area contributed by atoms with Crippen molar-refractivity contribution in [2.24, 2.45) is 47.3 Å². The first-order valence-electron chi connectivity index (χ1n) is 11.1. The van der Waals surface area contributed by atoms with Crippen molar-refractivity contribution in [2.45, 2.75) is 0 Å². The van der Waals surface area contributed by atoms with E-state index in [1.54, 1.807) is 0 Å². The molecule has 1 aromatic carbocycles. The standard InChI is InChI=1S/C28H27B/c29-19-9-7-8-18(16-19)26-17-27-22-12-2-1-10-20(22)21-11-3-5-14-24(21)28(27)25-15-6-4-13-23(25)26/h1-17,20-25,27-28H,29H2. The second-order valence-corrected chi connectivity index (χ2v) is 9.37. The van der Waals surface area contributed by atoms with Gasteiger partial charge in [0.15, 0.2) is 0 Å². The molecule has 29 heavy (non-hydrogen) atoms. The molecule has 5 aliphatic rings. The molecule has 0 bridgehead atoms. The Kier molecular flexibility index (Phi) is 4.04. The van der Waals surface area contributed by atoms with Gasteiger partial charge in [0.1, 0.15) is 7.85 Å². The van der Waals surface area contributed by atoms with Crippen molar-refractivity contribution in [3.8, 4) is 0 Å². The summed E-state index contributed by atoms with van der Waals surface area (Å²) in [4.78, 5) is 0. The van der Waals surface area contributed by atoms with Crippen LogP contribution in [0, 0.1) is 47.3 Å². The maximum absolute atomic E-state index is 2.67. The quantitative estimate of drug-likeness (QED) is 0.627. The summed E-state index contributed by atoms with van der Waals surface area (Å²) in [5, 5.41) is 0. The molecule has 1 heteroatoms. The highest BCUT2D eigenvalue weighted by atomic mass is 14.6. The van der Waals surface area contributed by atoms with E-state index in [-0.39, 0.29) is 0 Å². The predicted octanol–water partition coefficient (Wildman–Crippen LogP) is 4.66. The van der Waals surface area contributed by atoms with Crippen LogP contribution in [-0.4, -0.2) is 7.85 Å². The molecule has 0 aromatic heterocycles. The van der Waals surface area contributed by atoms with Gasteiger partial charge < -0.3 is 0 Å². The Labute approximate surface area is 175 Å². The number of hydrogen-bond acceptors (Lipinski definition) is 0. The summed E-state index contributed by atoms with van der Waals surface area (Å²) < 4.78 is 0. The zero-order valence-corrected chi connectivity index (χ0v) is 16.9. The largest absolute Gasteiger partial charge is 0.139 e. The first-order chi connectivity index (χ1) is 14.3. The van der Waals surface area contributed by atoms with E-state index in [1.165, 1.54) is 16.6 Å². The van der Waals surface area contributed by atoms with Gasteiger partial charge in [-0.15, -0.1) is 0 Å². The van der Waals surface area contributed by atoms with Crippen LogP contribution >= 0.6 is 0 Å². The second-order valence-electron chi connectivity index (χ2n) is 9.37. The van der Waals surface area contributed by atoms with E-state index in [1.807, 2.05) is 0 Å². The van der Waals surface area contributed by atoms with Crippen LogP contribution in [0.1, 0.15) is 5.56 Å². The summed E-state index contributed by atoms with van der Waals surface area (Å²) in [5.41, 5.74) is 4.29. The van der Waals surface area contributed by atoms with Crippen LogP contribution < -0.4 is 5.46 Å². The summed E-state index contributed by atoms with van der Waals surface area (Å²) in [6.07, 6.45) is 31.3. The molecule has 1 saturated carbocycles. The summed E-state index contributed by atoms with van der Waals surface area (Å²) in [6.45, 7) is 0. The average Bonchev–Trinajstić information content (AvgIpc) is 2.78. The monoisotopic (exact) mass is 374 g/mol. The SMILES string of the molecule is Bc1cccc(C2=CC3C4C=CC=CC4C4C=CC=CC4C3C3C=CC=CC23)c1. The fraction of sp³-hybridized carbons (Fsp3) is 0.286. The zero-order valence-electron chi connectivity index (χ0n) is 16.9. The molecule has 1 fully saturated rings. The van der Waals surface area contributed by atoms with Gasteiger partial charge in [-0.3, -0.25) is 0 Å². The Morgan fingerprint density at radius 1 is 0.586 bits per heavy atom. The minimum absolute atomic E-state index is 0.489. The number of fused-ring (bicyclic) bond motifs is 8. The summed E-state index contributed by atoms with van der Waals surface area (Å²) >= 11 is 0. The van der Waals surface area contributed by atoms with E-state index in [0.717, 1.165) is 0 Å². The van der Waals surface area contributed by atoms with E-state index in [9.17, 15) is 0 Å². The third kappa shape index (κ3) is 2.67. The predicted molar refractivity (Wildman–Crippen MR) is 125 cm³/mol. The van der Waals surface area contributed by atoms with Crippen LogP contribution in [-0.2, 0) is 0 Å². The maximum Gasteiger partial charge on any atom is 0.139 e. The number of rotatable bonds is 1. The van der Waals surface area contributed by atoms with Crippen molar-refractivity contribution >= 4 is 18.9 Å². The molecule has 142 valence electrons. The topological polar surface area (TPSA) is 0 Å². The molecule has 5 aliphatic carbocycles. The lowest BCUT2D eigenvalue weighted by Crippen LogP contribution is -2.50. The smallest absolute Gasteiger partial charge is 0.0884 e. The Balaban J connectivity index is 1.53. The highest BCUT2D eigenvalue weighted by molar-refractivity contribution is 6.32. The van der Waals surface area contributed by atoms with Gasteiger partial charge in [-0.05, 0) is 52.6 Å². The normalized spacial score (nSPS) is 40.6. The molecule has 0 saturated heterocycles. The van der Waals surface area contributed by atoms with Gasteiger partial charge in [-0.2, -0.15) is 0 Å². The third-order valence-corrected chi connectivity index (χ3v) is 7.93. The molecule has 8 atom stereocenters. The van der Waals surface area contributed by atoms with Gasteiger partial charge in [-0.1, -0.05) is 109 Å². The lowest BCUT2D eigenvalue weighted by Gasteiger charge is -2.55. The number of hydrogen-bond donors (Lipinski definition) is 0. The molecule has 0 nitrogen and oxygen atoms in total. The summed E-state index contributed by atoms with van der Waals surface area (Å²) in [5.74, 6) is 4.79. The van der Waals surface area contributed by atoms with E-state index in [4.69, 9.17) is 0 Å². The molecule has 0 radical (unpaired) electrons. The van der Waals surface area contributed by atoms with E-state index < -0.39 is 0 Å². The van der Waals surface area contributed by atoms with Gasteiger partial charge in [0, 0.05) is 5.92 Å². The lowest BCUT2D eigenvalue weighted by atomic mass is 9.48. The summed E-state index contributed by atoms with van der Waals surface area (Å²) in [7, 11) is 2.21. The highest BCUT2D eigenvalue weighted by Crippen LogP contribution is 2.59. The van der Waals surface area contributed by atoms with Crippen LogP contribution in [0.3, 0.4) is 0 Å². The lowest BCUT2D eigenvalue weighted by molar-refractivity contribution is 0.0513. The average molecular weight is 374 g/mol. The van der Waals surface area contributed by atoms with Gasteiger partial charge in [-0.25, -0.2) is 0 Å². The molecule has 6 rings (SSSR count). The summed E-state index contributed by atoms with van der Waals surface area (Å²) in [6, 6.07) is 9.11. The van der Waals surface area contributed by atoms with Crippen LogP contribution in [0.4, 0.5) is 0 Å². The Morgan fingerprint density at radius 2 is 1.17 bits per heavy atom. The fourth-order valence-electron chi connectivity index (χ4n) is 6.81. The molecule has 0 spiro atoms. The minimum atomic E-state index is 0.489. The fourth-order valence-corrected chi connectivity index (χ4v) is 6.81. The molecule has 0 amide bonds. The van der Waals surface area contributed by atoms with Crippen molar-refractivity contribution in [1.82, 2.24) is 0 Å². The maximum atomic E-state index is 2.67. The first kappa shape index (κ1) is 17.3. The Bertz CT molecular complexity index is 1030. The van der Waals surface area contributed by atoms with E-state index >= 15 is 0 Å². The molecule has 1 aromatic rings. The van der Waals surface area contributed by atoms with Crippen molar-refractivity contribution < 1.29 is 0 Å². The van der Waals surface area contributed by atoms with E-state index in [2.05, 4.69) is 111 Å². The van der Waals surface area contributed by atoms with Gasteiger partial charge in [0.25, 0.3) is 0 Å². The molecule has 0 heterocycles. The Morgan fingerprint density at radius 3 is 1.90 bits per heavy atom. The number of allylic oxidation sites excluding steroid dienone is 14. The first-order valence-corrected chi connectivity index (χ1v) is 11.1. The second kappa shape index (κ2) is 6.77. The van der Waals surface area contributed by atoms with Crippen molar-refractivity contribution in [3.05, 3.63) is 109 Å². The van der Waals surface area contributed by atoms with Gasteiger partial charge in [0.05, 0.1) is 0 Å². The number of benzene rings is 1. The zero-order chi connectivity index (χ0) is 19.4. The Hall–Kier alpha value is -2.54.